The Morgan fingerprint density at radius 3 is 0.738 bits per heavy atom. The van der Waals surface area contributed by atoms with Gasteiger partial charge in [-0.25, -0.2) is 0 Å². The lowest BCUT2D eigenvalue weighted by atomic mass is 9.82. The molecule has 130 heavy (non-hydrogen) atoms. The van der Waals surface area contributed by atoms with Gasteiger partial charge in [-0.3, -0.25) is 58.0 Å². The Morgan fingerprint density at radius 2 is 0.492 bits per heavy atom. The summed E-state index contributed by atoms with van der Waals surface area (Å²) in [6.07, 6.45) is 42.4. The van der Waals surface area contributed by atoms with Gasteiger partial charge in [0.25, 0.3) is 47.3 Å². The highest BCUT2D eigenvalue weighted by molar-refractivity contribution is 6.43. The van der Waals surface area contributed by atoms with E-state index in [0.29, 0.717) is 91.0 Å². The van der Waals surface area contributed by atoms with Crippen molar-refractivity contribution in [3.8, 4) is 0 Å². The summed E-state index contributed by atoms with van der Waals surface area (Å²) in [6.45, 7) is 24.1. The molecule has 0 aromatic heterocycles. The van der Waals surface area contributed by atoms with Gasteiger partial charge in [-0.15, -0.1) is 0 Å². The number of unbranched alkanes of at least 4 members (excludes halogenated alkanes) is 26. The molecule has 12 aromatic rings. The molecule has 0 bridgehead atoms. The first-order chi connectivity index (χ1) is 63.3. The van der Waals surface area contributed by atoms with Crippen molar-refractivity contribution >= 4 is 145 Å². The van der Waals surface area contributed by atoms with Crippen LogP contribution in [0.5, 0.6) is 0 Å². The Bertz CT molecular complexity index is 5880. The average molecular weight is 1740 g/mol. The lowest BCUT2D eigenvalue weighted by Gasteiger charge is -2.35. The summed E-state index contributed by atoms with van der Waals surface area (Å²) in [5, 5.41) is 13.7. The van der Waals surface area contributed by atoms with Crippen molar-refractivity contribution in [3.05, 3.63) is 209 Å². The molecule has 6 aliphatic rings. The van der Waals surface area contributed by atoms with Crippen LogP contribution in [0.3, 0.4) is 0 Å². The average Bonchev–Trinajstić information content (AvgIpc) is 1.04. The molecule has 2 unspecified atom stereocenters. The maximum Gasteiger partial charge on any atom is 0.261 e. The second-order valence-electron chi connectivity index (χ2n) is 40.3. The van der Waals surface area contributed by atoms with Crippen LogP contribution in [0.1, 0.15) is 411 Å². The molecule has 4 aliphatic heterocycles. The van der Waals surface area contributed by atoms with Gasteiger partial charge in [0.1, 0.15) is 0 Å². The van der Waals surface area contributed by atoms with Crippen molar-refractivity contribution in [2.75, 3.05) is 13.1 Å². The number of amides is 8. The van der Waals surface area contributed by atoms with E-state index < -0.39 is 0 Å². The Labute approximate surface area is 770 Å². The first-order valence-electron chi connectivity index (χ1n) is 51.2. The fraction of sp³-hybridized carbons (Fsp3) is 0.475. The standard InChI is InChI=1S/C118H136N4O8/c1-11-15-19-37-45-79(46-38-20-16-12-2)121-115(127)93-61-53-85-81-49-57-89-107-90(58-50-82(103(81)107)86-54-62-94(116(121)128)109(93)105(85)86)112(124)119(111(89)123)65-41-33-29-25-23-27-31-35-43-77-67-71(5)97-69-73(7)99(101(97)75(77)9)100-74(8)70-98-72(6)68-78(76(10)102(98)100)44-36-32-28-24-26-30-34-42-66-120-113(125)91-59-51-83-87-55-63-95-110-96(64-56-88(106(87)110)84-52-60-92(114(120)126)108(91)104(83)84)118(130)122(117(95)129)80(47-39-21-17-13-3)48-40-22-18-14-4/h49-64,67-68,73-74,79-80H,11-48,65-66,69-70H2,1-10H3/b100-99+. The number of imide groups is 4. The number of allylic oxidation sites excluding steroid dienone is 2. The molecule has 0 N–H and O–H groups in total. The molecule has 0 saturated carbocycles. The Morgan fingerprint density at radius 1 is 0.269 bits per heavy atom. The van der Waals surface area contributed by atoms with Gasteiger partial charge in [0.2, 0.25) is 0 Å². The molecule has 8 amide bonds. The van der Waals surface area contributed by atoms with Gasteiger partial charge in [0.05, 0.1) is 0 Å². The Balaban J connectivity index is 0.448. The topological polar surface area (TPSA) is 150 Å². The summed E-state index contributed by atoms with van der Waals surface area (Å²) in [7, 11) is 0. The summed E-state index contributed by atoms with van der Waals surface area (Å²) in [5.74, 6) is -0.834. The van der Waals surface area contributed by atoms with E-state index in [2.05, 4.69) is 81.4 Å². The zero-order chi connectivity index (χ0) is 90.4. The minimum Gasteiger partial charge on any atom is -0.274 e. The summed E-state index contributed by atoms with van der Waals surface area (Å²) >= 11 is 0. The molecule has 12 nitrogen and oxygen atoms in total. The lowest BCUT2D eigenvalue weighted by molar-refractivity contribution is 0.0501. The van der Waals surface area contributed by atoms with Crippen LogP contribution < -0.4 is 0 Å². The van der Waals surface area contributed by atoms with Gasteiger partial charge in [-0.1, -0.05) is 282 Å². The van der Waals surface area contributed by atoms with E-state index in [-0.39, 0.29) is 59.3 Å². The number of hydrogen-bond acceptors (Lipinski definition) is 8. The molecule has 0 fully saturated rings. The third-order valence-electron chi connectivity index (χ3n) is 31.8. The highest BCUT2D eigenvalue weighted by Crippen LogP contribution is 2.55. The van der Waals surface area contributed by atoms with Crippen LogP contribution in [0.4, 0.5) is 0 Å². The van der Waals surface area contributed by atoms with Crippen LogP contribution >= 0.6 is 0 Å². The van der Waals surface area contributed by atoms with Crippen LogP contribution in [0.2, 0.25) is 0 Å². The van der Waals surface area contributed by atoms with E-state index in [1.807, 2.05) is 97.1 Å². The first kappa shape index (κ1) is 90.1. The molecule has 0 radical (unpaired) electrons. The molecule has 12 heteroatoms. The Hall–Kier alpha value is -10.5. The van der Waals surface area contributed by atoms with Crippen molar-refractivity contribution < 1.29 is 38.4 Å². The van der Waals surface area contributed by atoms with E-state index >= 15 is 0 Å². The van der Waals surface area contributed by atoms with Crippen molar-refractivity contribution in [2.45, 2.75) is 338 Å². The van der Waals surface area contributed by atoms with Crippen molar-refractivity contribution in [1.29, 1.82) is 0 Å². The highest BCUT2D eigenvalue weighted by atomic mass is 16.2. The van der Waals surface area contributed by atoms with Gasteiger partial charge in [-0.2, -0.15) is 0 Å². The predicted octanol–water partition coefficient (Wildman–Crippen LogP) is 30.0. The number of nitrogens with zero attached hydrogens (tertiary/aromatic N) is 4. The van der Waals surface area contributed by atoms with Gasteiger partial charge in [0.15, 0.2) is 0 Å². The van der Waals surface area contributed by atoms with E-state index in [0.717, 1.165) is 270 Å². The fourth-order valence-corrected chi connectivity index (χ4v) is 25.0. The van der Waals surface area contributed by atoms with Crippen LogP contribution in [0.15, 0.2) is 109 Å². The minimum absolute atomic E-state index is 0.139. The number of fused-ring (bicyclic) bond motifs is 6. The zero-order valence-corrected chi connectivity index (χ0v) is 79.5. The summed E-state index contributed by atoms with van der Waals surface area (Å²) in [5.41, 5.74) is 22.8. The lowest BCUT2D eigenvalue weighted by Crippen LogP contribution is -2.47. The fourth-order valence-electron chi connectivity index (χ4n) is 25.0. The number of benzene rings is 12. The minimum atomic E-state index is -0.239. The second kappa shape index (κ2) is 38.8. The zero-order valence-electron chi connectivity index (χ0n) is 79.5. The van der Waals surface area contributed by atoms with Gasteiger partial charge < -0.3 is 0 Å². The van der Waals surface area contributed by atoms with E-state index in [1.165, 1.54) is 94.5 Å². The maximum atomic E-state index is 14.7. The monoisotopic (exact) mass is 1740 g/mol. The van der Waals surface area contributed by atoms with E-state index in [4.69, 9.17) is 0 Å². The van der Waals surface area contributed by atoms with Gasteiger partial charge in [0, 0.05) is 91.2 Å². The molecule has 676 valence electrons. The molecule has 18 rings (SSSR count). The highest BCUT2D eigenvalue weighted by Gasteiger charge is 2.44. The van der Waals surface area contributed by atoms with E-state index in [9.17, 15) is 38.4 Å². The second-order valence-corrected chi connectivity index (χ2v) is 40.3. The van der Waals surface area contributed by atoms with Crippen molar-refractivity contribution in [1.82, 2.24) is 19.6 Å². The summed E-state index contributed by atoms with van der Waals surface area (Å²) in [4.78, 5) is 123. The van der Waals surface area contributed by atoms with Crippen LogP contribution in [-0.2, 0) is 25.7 Å². The number of carbonyl (C=O) groups excluding carboxylic acids is 8. The SMILES string of the molecule is CCCCCCC(CCCCCC)N1C(=O)c2ccc3c4ccc5c6c(ccc(c7ccc(c2c37)C1=O)c64)C(=O)N(CCCCCCCCCCc1cc(C)c2c(c1C)/C(=C1/c3c(C)c(CCCCCCCCCCN4C(=O)c6ccc7c8ccc9c%10c(ccc(c%11ccc(c6c7%11)C4=O)c%108)C(=O)N(C(CCCCCC)CCCCCC)C9=O)cc(C)c3CC1C)C(C)C2)C5=O. The van der Waals surface area contributed by atoms with Crippen LogP contribution in [0.25, 0.3) is 97.3 Å². The van der Waals surface area contributed by atoms with Gasteiger partial charge >= 0.3 is 0 Å². The summed E-state index contributed by atoms with van der Waals surface area (Å²) in [6, 6.07) is 36.2. The van der Waals surface area contributed by atoms with Crippen LogP contribution in [-0.4, -0.2) is 92.0 Å². The maximum absolute atomic E-state index is 14.7. The van der Waals surface area contributed by atoms with Crippen molar-refractivity contribution in [2.24, 2.45) is 11.8 Å². The molecule has 2 aliphatic carbocycles. The number of rotatable bonds is 44. The molecule has 4 heterocycles. The molecule has 2 atom stereocenters. The van der Waals surface area contributed by atoms with Crippen molar-refractivity contribution in [3.63, 3.8) is 0 Å². The third kappa shape index (κ3) is 16.0. The van der Waals surface area contributed by atoms with Gasteiger partial charge in [-0.05, 0) is 297 Å². The molecule has 0 saturated heterocycles. The molecular weight excluding hydrogens is 1600 g/mol. The number of aryl methyl sites for hydroxylation is 4. The quantitative estimate of drug-likeness (QED) is 0.0159. The molecule has 12 aromatic carbocycles. The van der Waals surface area contributed by atoms with E-state index in [1.54, 1.807) is 43.2 Å². The third-order valence-corrected chi connectivity index (χ3v) is 31.8. The molecule has 0 spiro atoms. The smallest absolute Gasteiger partial charge is 0.261 e. The number of hydrogen-bond donors (Lipinski definition) is 0. The summed E-state index contributed by atoms with van der Waals surface area (Å²) < 4.78 is 0. The predicted molar refractivity (Wildman–Crippen MR) is 535 cm³/mol. The normalized spacial score (nSPS) is 16.7. The Kier molecular flexibility index (Phi) is 26.9. The largest absolute Gasteiger partial charge is 0.274 e. The first-order valence-corrected chi connectivity index (χ1v) is 51.2. The number of carbonyl (C=O) groups is 8. The van der Waals surface area contributed by atoms with Crippen LogP contribution in [0, 0.1) is 39.5 Å². The molecular formula is C118H136N4O8.